The Morgan fingerprint density at radius 3 is 2.30 bits per heavy atom. The number of rotatable bonds is 5. The molecule has 0 aliphatic heterocycles. The van der Waals surface area contributed by atoms with Crippen LogP contribution in [-0.4, -0.2) is 31.2 Å². The number of carbonyl (C=O) groups is 2. The van der Waals surface area contributed by atoms with Crippen molar-refractivity contribution < 1.29 is 24.2 Å². The van der Waals surface area contributed by atoms with Crippen LogP contribution in [0.25, 0.3) is 0 Å². The molecule has 0 saturated carbocycles. The largest absolute Gasteiger partial charge is 0.495 e. The monoisotopic (exact) mass is 339 g/mol. The number of benzene rings is 1. The normalized spacial score (nSPS) is 20.0. The van der Waals surface area contributed by atoms with Gasteiger partial charge in [-0.2, -0.15) is 0 Å². The van der Waals surface area contributed by atoms with Gasteiger partial charge in [0.1, 0.15) is 11.5 Å². The summed E-state index contributed by atoms with van der Waals surface area (Å²) in [5.74, 6) is -1.92. The van der Waals surface area contributed by atoms with Crippen LogP contribution in [0.5, 0.6) is 11.5 Å². The predicted molar refractivity (Wildman–Crippen MR) is 86.2 cm³/mol. The molecule has 1 aromatic rings. The molecule has 0 saturated heterocycles. The minimum absolute atomic E-state index is 0.321. The van der Waals surface area contributed by atoms with Crippen molar-refractivity contribution in [2.45, 2.75) is 12.8 Å². The van der Waals surface area contributed by atoms with Crippen LogP contribution in [0.4, 0.5) is 5.69 Å². The SMILES string of the molecule is COc1cc(OC)c(NC(=O)[C@H]2CC=CC[C@@H]2C(=O)O)cc1Cl. The molecule has 1 amide bonds. The van der Waals surface area contributed by atoms with Gasteiger partial charge < -0.3 is 19.9 Å². The van der Waals surface area contributed by atoms with Crippen LogP contribution >= 0.6 is 11.6 Å². The third-order valence-electron chi connectivity index (χ3n) is 3.82. The lowest BCUT2D eigenvalue weighted by molar-refractivity contribution is -0.146. The lowest BCUT2D eigenvalue weighted by Gasteiger charge is -2.24. The smallest absolute Gasteiger partial charge is 0.307 e. The summed E-state index contributed by atoms with van der Waals surface area (Å²) in [5.41, 5.74) is 0.377. The molecule has 0 spiro atoms. The first-order valence-electron chi connectivity index (χ1n) is 7.08. The third-order valence-corrected chi connectivity index (χ3v) is 4.11. The quantitative estimate of drug-likeness (QED) is 0.806. The van der Waals surface area contributed by atoms with Crippen LogP contribution in [0.1, 0.15) is 12.8 Å². The molecule has 6 nitrogen and oxygen atoms in total. The van der Waals surface area contributed by atoms with Gasteiger partial charge in [0.2, 0.25) is 5.91 Å². The summed E-state index contributed by atoms with van der Waals surface area (Å²) >= 11 is 6.07. The maximum Gasteiger partial charge on any atom is 0.307 e. The summed E-state index contributed by atoms with van der Waals surface area (Å²) in [6.45, 7) is 0. The molecule has 2 rings (SSSR count). The number of hydrogen-bond donors (Lipinski definition) is 2. The van der Waals surface area contributed by atoms with E-state index in [1.165, 1.54) is 20.3 Å². The number of ether oxygens (including phenoxy) is 2. The van der Waals surface area contributed by atoms with E-state index in [1.807, 2.05) is 6.08 Å². The highest BCUT2D eigenvalue weighted by atomic mass is 35.5. The van der Waals surface area contributed by atoms with Gasteiger partial charge in [0.05, 0.1) is 36.8 Å². The number of aliphatic carboxylic acids is 1. The van der Waals surface area contributed by atoms with Crippen molar-refractivity contribution in [2.75, 3.05) is 19.5 Å². The molecular formula is C16H18ClNO5. The summed E-state index contributed by atoms with van der Waals surface area (Å²) in [4.78, 5) is 23.8. The molecule has 1 aromatic carbocycles. The maximum atomic E-state index is 12.5. The van der Waals surface area contributed by atoms with E-state index in [2.05, 4.69) is 5.32 Å². The Hall–Kier alpha value is -2.21. The molecule has 124 valence electrons. The van der Waals surface area contributed by atoms with E-state index in [0.29, 0.717) is 35.1 Å². The fraction of sp³-hybridized carbons (Fsp3) is 0.375. The molecule has 2 atom stereocenters. The fourth-order valence-electron chi connectivity index (χ4n) is 2.56. The predicted octanol–water partition coefficient (Wildman–Crippen LogP) is 2.96. The topological polar surface area (TPSA) is 84.9 Å². The Morgan fingerprint density at radius 1 is 1.13 bits per heavy atom. The van der Waals surface area contributed by atoms with Crippen molar-refractivity contribution in [2.24, 2.45) is 11.8 Å². The van der Waals surface area contributed by atoms with E-state index in [0.717, 1.165) is 0 Å². The van der Waals surface area contributed by atoms with E-state index in [1.54, 1.807) is 12.1 Å². The van der Waals surface area contributed by atoms with Crippen LogP contribution in [-0.2, 0) is 9.59 Å². The Morgan fingerprint density at radius 2 is 1.74 bits per heavy atom. The summed E-state index contributed by atoms with van der Waals surface area (Å²) in [7, 11) is 2.94. The van der Waals surface area contributed by atoms with Gasteiger partial charge >= 0.3 is 5.97 Å². The second-order valence-electron chi connectivity index (χ2n) is 5.17. The fourth-order valence-corrected chi connectivity index (χ4v) is 2.80. The standard InChI is InChI=1S/C16H18ClNO5/c1-22-13-8-14(23-2)12(7-11(13)17)18-15(19)9-5-3-4-6-10(9)16(20)21/h3-4,7-10H,5-6H2,1-2H3,(H,18,19)(H,20,21)/t9-,10-/m0/s1. The number of allylic oxidation sites excluding steroid dienone is 2. The maximum absolute atomic E-state index is 12.5. The van der Waals surface area contributed by atoms with Crippen LogP contribution in [0.2, 0.25) is 5.02 Å². The number of methoxy groups -OCH3 is 2. The molecule has 23 heavy (non-hydrogen) atoms. The van der Waals surface area contributed by atoms with Gasteiger partial charge in [-0.3, -0.25) is 9.59 Å². The average Bonchev–Trinajstić information content (AvgIpc) is 2.55. The highest BCUT2D eigenvalue weighted by molar-refractivity contribution is 6.32. The minimum Gasteiger partial charge on any atom is -0.495 e. The van der Waals surface area contributed by atoms with Crippen molar-refractivity contribution >= 4 is 29.2 Å². The summed E-state index contributed by atoms with van der Waals surface area (Å²) in [5, 5.41) is 12.3. The molecule has 0 unspecified atom stereocenters. The van der Waals surface area contributed by atoms with Gasteiger partial charge in [0.15, 0.2) is 0 Å². The molecule has 0 bridgehead atoms. The van der Waals surface area contributed by atoms with Gasteiger partial charge in [-0.15, -0.1) is 0 Å². The molecule has 2 N–H and O–H groups in total. The molecule has 0 heterocycles. The Bertz CT molecular complexity index is 644. The van der Waals surface area contributed by atoms with E-state index >= 15 is 0 Å². The average molecular weight is 340 g/mol. The van der Waals surface area contributed by atoms with Crippen molar-refractivity contribution in [3.05, 3.63) is 29.3 Å². The van der Waals surface area contributed by atoms with Crippen LogP contribution < -0.4 is 14.8 Å². The van der Waals surface area contributed by atoms with E-state index in [9.17, 15) is 14.7 Å². The minimum atomic E-state index is -0.978. The third kappa shape index (κ3) is 3.76. The second kappa shape index (κ2) is 7.37. The van der Waals surface area contributed by atoms with Crippen LogP contribution in [0.15, 0.2) is 24.3 Å². The molecule has 0 fully saturated rings. The molecule has 1 aliphatic rings. The molecule has 1 aliphatic carbocycles. The first-order chi connectivity index (χ1) is 11.0. The van der Waals surface area contributed by atoms with Crippen molar-refractivity contribution in [3.8, 4) is 11.5 Å². The summed E-state index contributed by atoms with van der Waals surface area (Å²) in [6, 6.07) is 3.08. The van der Waals surface area contributed by atoms with Crippen molar-refractivity contribution in [3.63, 3.8) is 0 Å². The summed E-state index contributed by atoms with van der Waals surface area (Å²) in [6.07, 6.45) is 4.33. The first kappa shape index (κ1) is 17.1. The Labute approximate surface area is 139 Å². The van der Waals surface area contributed by atoms with E-state index in [-0.39, 0.29) is 5.91 Å². The number of nitrogens with one attached hydrogen (secondary N) is 1. The zero-order chi connectivity index (χ0) is 17.0. The molecule has 0 aromatic heterocycles. The lowest BCUT2D eigenvalue weighted by atomic mass is 9.82. The number of carbonyl (C=O) groups excluding carboxylic acids is 1. The van der Waals surface area contributed by atoms with Crippen LogP contribution in [0.3, 0.4) is 0 Å². The number of carboxylic acid groups (broad SMARTS) is 1. The van der Waals surface area contributed by atoms with Gasteiger partial charge in [-0.25, -0.2) is 0 Å². The Balaban J connectivity index is 2.24. The second-order valence-corrected chi connectivity index (χ2v) is 5.58. The van der Waals surface area contributed by atoms with Gasteiger partial charge in [0, 0.05) is 6.07 Å². The van der Waals surface area contributed by atoms with Gasteiger partial charge in [0.25, 0.3) is 0 Å². The zero-order valence-corrected chi connectivity index (χ0v) is 13.6. The van der Waals surface area contributed by atoms with E-state index in [4.69, 9.17) is 21.1 Å². The van der Waals surface area contributed by atoms with Crippen molar-refractivity contribution in [1.29, 1.82) is 0 Å². The number of carboxylic acids is 1. The highest BCUT2D eigenvalue weighted by Gasteiger charge is 2.34. The number of halogens is 1. The van der Waals surface area contributed by atoms with E-state index < -0.39 is 17.8 Å². The first-order valence-corrected chi connectivity index (χ1v) is 7.46. The molecule has 0 radical (unpaired) electrons. The van der Waals surface area contributed by atoms with Gasteiger partial charge in [-0.1, -0.05) is 23.8 Å². The number of anilines is 1. The zero-order valence-electron chi connectivity index (χ0n) is 12.8. The Kier molecular flexibility index (Phi) is 5.50. The molecule has 7 heteroatoms. The number of hydrogen-bond acceptors (Lipinski definition) is 4. The lowest BCUT2D eigenvalue weighted by Crippen LogP contribution is -2.34. The highest BCUT2D eigenvalue weighted by Crippen LogP contribution is 2.37. The van der Waals surface area contributed by atoms with Gasteiger partial charge in [-0.05, 0) is 18.9 Å². The van der Waals surface area contributed by atoms with Crippen LogP contribution in [0, 0.1) is 11.8 Å². The molecular weight excluding hydrogens is 322 g/mol. The number of amides is 1. The summed E-state index contributed by atoms with van der Waals surface area (Å²) < 4.78 is 10.3. The van der Waals surface area contributed by atoms with Crippen molar-refractivity contribution in [1.82, 2.24) is 0 Å².